The second-order valence-corrected chi connectivity index (χ2v) is 6.80. The van der Waals surface area contributed by atoms with E-state index < -0.39 is 0 Å². The van der Waals surface area contributed by atoms with Gasteiger partial charge in [0.2, 0.25) is 0 Å². The molecule has 4 rings (SSSR count). The highest BCUT2D eigenvalue weighted by Crippen LogP contribution is 2.65. The number of allylic oxidation sites excluding steroid dienone is 2. The Labute approximate surface area is 128 Å². The van der Waals surface area contributed by atoms with Crippen LogP contribution in [0, 0.1) is 34.4 Å². The number of nitrogens with two attached hydrogens (primary N) is 1. The highest BCUT2D eigenvalue weighted by atomic mass is 19.1. The highest BCUT2D eigenvalue weighted by molar-refractivity contribution is 6.11. The van der Waals surface area contributed by atoms with Crippen LogP contribution in [-0.2, 0) is 11.2 Å². The number of fused-ring (bicyclic) bond motifs is 3. The number of benzene rings is 1. The highest BCUT2D eigenvalue weighted by Gasteiger charge is 2.59. The summed E-state index contributed by atoms with van der Waals surface area (Å²) in [5.74, 6) is -0.167. The fourth-order valence-corrected chi connectivity index (χ4v) is 5.08. The van der Waals surface area contributed by atoms with E-state index in [0.29, 0.717) is 17.9 Å². The molecular weight excluding hydrogens is 279 g/mol. The van der Waals surface area contributed by atoms with Crippen LogP contribution < -0.4 is 5.73 Å². The molecule has 3 unspecified atom stereocenters. The molecule has 2 bridgehead atoms. The molecule has 112 valence electrons. The van der Waals surface area contributed by atoms with Gasteiger partial charge in [-0.05, 0) is 47.9 Å². The van der Waals surface area contributed by atoms with E-state index in [1.165, 1.54) is 0 Å². The monoisotopic (exact) mass is 296 g/mol. The Balaban J connectivity index is 2.06. The first-order valence-corrected chi connectivity index (χ1v) is 7.79. The van der Waals surface area contributed by atoms with Gasteiger partial charge in [-0.3, -0.25) is 4.79 Å². The molecule has 0 saturated heterocycles. The van der Waals surface area contributed by atoms with Gasteiger partial charge in [-0.25, -0.2) is 4.39 Å². The van der Waals surface area contributed by atoms with E-state index in [2.05, 4.69) is 13.0 Å². The van der Waals surface area contributed by atoms with Crippen molar-refractivity contribution in [3.05, 3.63) is 34.6 Å². The Kier molecular flexibility index (Phi) is 2.57. The van der Waals surface area contributed by atoms with Gasteiger partial charge >= 0.3 is 0 Å². The first-order chi connectivity index (χ1) is 10.5. The maximum atomic E-state index is 14.5. The topological polar surface area (TPSA) is 66.9 Å². The second-order valence-electron chi connectivity index (χ2n) is 6.80. The molecule has 3 nitrogen and oxygen atoms in total. The van der Waals surface area contributed by atoms with Crippen LogP contribution in [0.15, 0.2) is 17.7 Å². The van der Waals surface area contributed by atoms with Gasteiger partial charge in [0, 0.05) is 11.3 Å². The number of nitriles is 1. The third kappa shape index (κ3) is 1.37. The Morgan fingerprint density at radius 1 is 1.50 bits per heavy atom. The number of carbonyl (C=O) groups is 1. The van der Waals surface area contributed by atoms with Crippen LogP contribution in [0.25, 0.3) is 5.57 Å². The Morgan fingerprint density at radius 3 is 2.95 bits per heavy atom. The zero-order valence-electron chi connectivity index (χ0n) is 12.4. The Hall–Kier alpha value is -2.15. The van der Waals surface area contributed by atoms with Gasteiger partial charge in [0.25, 0.3) is 0 Å². The quantitative estimate of drug-likeness (QED) is 0.809. The van der Waals surface area contributed by atoms with E-state index in [4.69, 9.17) is 5.73 Å². The van der Waals surface area contributed by atoms with Gasteiger partial charge in [0.1, 0.15) is 11.9 Å². The van der Waals surface area contributed by atoms with Gasteiger partial charge in [-0.2, -0.15) is 5.26 Å². The minimum atomic E-state index is -0.378. The SMILES string of the molecule is CCC1CC2CC13Cc1c(ccc(N)c1F)C3=C(C#N)C2=O. The van der Waals surface area contributed by atoms with Crippen LogP contribution in [0.5, 0.6) is 0 Å². The van der Waals surface area contributed by atoms with Crippen molar-refractivity contribution < 1.29 is 9.18 Å². The number of anilines is 1. The van der Waals surface area contributed by atoms with Crippen LogP contribution in [0.1, 0.15) is 37.3 Å². The lowest BCUT2D eigenvalue weighted by molar-refractivity contribution is -0.119. The first-order valence-electron chi connectivity index (χ1n) is 7.79. The summed E-state index contributed by atoms with van der Waals surface area (Å²) in [6.45, 7) is 2.11. The third-order valence-corrected chi connectivity index (χ3v) is 5.97. The maximum absolute atomic E-state index is 14.5. The first kappa shape index (κ1) is 13.5. The summed E-state index contributed by atoms with van der Waals surface area (Å²) in [5, 5.41) is 9.53. The van der Waals surface area contributed by atoms with Gasteiger partial charge in [-0.1, -0.05) is 19.4 Å². The molecule has 1 saturated carbocycles. The summed E-state index contributed by atoms with van der Waals surface area (Å²) in [5.41, 5.74) is 8.00. The number of hydrogen-bond donors (Lipinski definition) is 1. The summed E-state index contributed by atoms with van der Waals surface area (Å²) in [4.78, 5) is 12.6. The minimum Gasteiger partial charge on any atom is -0.396 e. The largest absolute Gasteiger partial charge is 0.396 e. The Morgan fingerprint density at radius 2 is 2.27 bits per heavy atom. The normalized spacial score (nSPS) is 32.0. The van der Waals surface area contributed by atoms with Crippen molar-refractivity contribution in [2.45, 2.75) is 32.6 Å². The molecule has 0 amide bonds. The summed E-state index contributed by atoms with van der Waals surface area (Å²) < 4.78 is 14.5. The molecule has 1 fully saturated rings. The third-order valence-electron chi connectivity index (χ3n) is 5.97. The molecule has 0 aromatic heterocycles. The Bertz CT molecular complexity index is 789. The van der Waals surface area contributed by atoms with Crippen molar-refractivity contribution in [3.63, 3.8) is 0 Å². The second kappa shape index (κ2) is 4.19. The van der Waals surface area contributed by atoms with Gasteiger partial charge in [0.05, 0.1) is 11.3 Å². The standard InChI is InChI=1S/C18H17FN2O/c1-2-10-5-9-6-18(10)7-12-11(3-4-14(21)16(12)19)15(18)13(8-20)17(9)22/h3-4,9-10H,2,5-7,21H2,1H3. The molecule has 1 aromatic carbocycles. The van der Waals surface area contributed by atoms with Crippen molar-refractivity contribution in [3.8, 4) is 6.07 Å². The molecule has 1 aromatic rings. The van der Waals surface area contributed by atoms with Crippen molar-refractivity contribution in [2.75, 3.05) is 5.73 Å². The lowest BCUT2D eigenvalue weighted by atomic mass is 9.67. The van der Waals surface area contributed by atoms with Crippen molar-refractivity contribution in [2.24, 2.45) is 17.3 Å². The average molecular weight is 296 g/mol. The fraction of sp³-hybridized carbons (Fsp3) is 0.444. The van der Waals surface area contributed by atoms with E-state index in [0.717, 1.165) is 30.4 Å². The van der Waals surface area contributed by atoms with Gasteiger partial charge in [-0.15, -0.1) is 0 Å². The van der Waals surface area contributed by atoms with Gasteiger partial charge in [0.15, 0.2) is 5.78 Å². The van der Waals surface area contributed by atoms with Crippen LogP contribution >= 0.6 is 0 Å². The van der Waals surface area contributed by atoms with Crippen LogP contribution in [0.4, 0.5) is 10.1 Å². The molecule has 3 aliphatic carbocycles. The van der Waals surface area contributed by atoms with Crippen LogP contribution in [-0.4, -0.2) is 5.78 Å². The summed E-state index contributed by atoms with van der Waals surface area (Å²) in [6, 6.07) is 5.45. The van der Waals surface area contributed by atoms with Crippen molar-refractivity contribution in [1.82, 2.24) is 0 Å². The summed E-state index contributed by atoms with van der Waals surface area (Å²) in [6.07, 6.45) is 3.08. The van der Waals surface area contributed by atoms with Crippen LogP contribution in [0.2, 0.25) is 0 Å². The lowest BCUT2D eigenvalue weighted by Gasteiger charge is -2.35. The fourth-order valence-electron chi connectivity index (χ4n) is 5.08. The maximum Gasteiger partial charge on any atom is 0.176 e. The van der Waals surface area contributed by atoms with E-state index >= 15 is 0 Å². The summed E-state index contributed by atoms with van der Waals surface area (Å²) >= 11 is 0. The minimum absolute atomic E-state index is 0.0471. The predicted octanol–water partition coefficient (Wildman–Crippen LogP) is 3.25. The number of rotatable bonds is 1. The molecule has 2 N–H and O–H groups in total. The predicted molar refractivity (Wildman–Crippen MR) is 81.0 cm³/mol. The average Bonchev–Trinajstić information content (AvgIpc) is 3.02. The molecule has 1 spiro atoms. The number of halogens is 1. The van der Waals surface area contributed by atoms with E-state index in [1.807, 2.05) is 0 Å². The zero-order chi connectivity index (χ0) is 15.6. The molecule has 4 heteroatoms. The molecule has 0 aliphatic heterocycles. The van der Waals surface area contributed by atoms with E-state index in [1.54, 1.807) is 12.1 Å². The van der Waals surface area contributed by atoms with E-state index in [-0.39, 0.29) is 34.2 Å². The number of hydrogen-bond acceptors (Lipinski definition) is 3. The van der Waals surface area contributed by atoms with Crippen molar-refractivity contribution >= 4 is 17.0 Å². The zero-order valence-corrected chi connectivity index (χ0v) is 12.4. The molecule has 0 heterocycles. The molecule has 3 atom stereocenters. The number of ketones is 1. The number of Topliss-reactive ketones (excluding diaryl/α,β-unsaturated/α-hetero) is 1. The molecular formula is C18H17FN2O. The summed E-state index contributed by atoms with van der Waals surface area (Å²) in [7, 11) is 0. The number of nitrogens with zero attached hydrogens (tertiary/aromatic N) is 1. The molecule has 3 aliphatic rings. The van der Waals surface area contributed by atoms with Gasteiger partial charge < -0.3 is 5.73 Å². The smallest absolute Gasteiger partial charge is 0.176 e. The number of carbonyl (C=O) groups excluding carboxylic acids is 1. The van der Waals surface area contributed by atoms with Crippen molar-refractivity contribution in [1.29, 1.82) is 5.26 Å². The van der Waals surface area contributed by atoms with E-state index in [9.17, 15) is 14.4 Å². The molecule has 0 radical (unpaired) electrons. The lowest BCUT2D eigenvalue weighted by Crippen LogP contribution is -2.30. The van der Waals surface area contributed by atoms with Crippen LogP contribution in [0.3, 0.4) is 0 Å². The molecule has 22 heavy (non-hydrogen) atoms. The number of nitrogen functional groups attached to an aromatic ring is 1.